The Labute approximate surface area is 178 Å². The Kier molecular flexibility index (Phi) is 7.61. The average molecular weight is 411 g/mol. The van der Waals surface area contributed by atoms with Crippen LogP contribution in [0.15, 0.2) is 48.5 Å². The number of nitrogens with zero attached hydrogens (tertiary/aromatic N) is 1. The Morgan fingerprint density at radius 1 is 1.10 bits per heavy atom. The molecule has 1 fully saturated rings. The molecule has 30 heavy (non-hydrogen) atoms. The van der Waals surface area contributed by atoms with Crippen molar-refractivity contribution in [2.24, 2.45) is 0 Å². The number of benzene rings is 2. The van der Waals surface area contributed by atoms with Gasteiger partial charge in [-0.25, -0.2) is 4.39 Å². The smallest absolute Gasteiger partial charge is 0.243 e. The van der Waals surface area contributed by atoms with Crippen molar-refractivity contribution in [1.82, 2.24) is 10.2 Å². The molecule has 5 heteroatoms. The highest BCUT2D eigenvalue weighted by Gasteiger charge is 2.30. The van der Waals surface area contributed by atoms with Crippen molar-refractivity contribution < 1.29 is 14.0 Å². The summed E-state index contributed by atoms with van der Waals surface area (Å²) in [6, 6.07) is 13.6. The van der Waals surface area contributed by atoms with E-state index in [0.29, 0.717) is 13.0 Å². The highest BCUT2D eigenvalue weighted by Crippen LogP contribution is 2.20. The number of nitrogens with one attached hydrogen (secondary N) is 1. The predicted molar refractivity (Wildman–Crippen MR) is 116 cm³/mol. The molecule has 0 radical (unpaired) electrons. The first-order valence-corrected chi connectivity index (χ1v) is 10.9. The summed E-state index contributed by atoms with van der Waals surface area (Å²) in [5.74, 6) is -0.533. The van der Waals surface area contributed by atoms with Crippen molar-refractivity contribution >= 4 is 11.8 Å². The van der Waals surface area contributed by atoms with Gasteiger partial charge in [0.1, 0.15) is 11.9 Å². The third-order valence-corrected chi connectivity index (χ3v) is 5.96. The zero-order valence-electron chi connectivity index (χ0n) is 17.9. The summed E-state index contributed by atoms with van der Waals surface area (Å²) < 4.78 is 13.2. The van der Waals surface area contributed by atoms with Crippen LogP contribution in [0.2, 0.25) is 0 Å². The van der Waals surface area contributed by atoms with Gasteiger partial charge in [0.25, 0.3) is 0 Å². The summed E-state index contributed by atoms with van der Waals surface area (Å²) in [5, 5.41) is 3.15. The molecule has 2 aromatic carbocycles. The fourth-order valence-electron chi connectivity index (χ4n) is 4.14. The summed E-state index contributed by atoms with van der Waals surface area (Å²) in [7, 11) is 0. The molecule has 160 valence electrons. The summed E-state index contributed by atoms with van der Waals surface area (Å²) in [4.78, 5) is 28.1. The van der Waals surface area contributed by atoms with Crippen LogP contribution in [-0.2, 0) is 22.6 Å². The number of carbonyl (C=O) groups is 2. The third-order valence-electron chi connectivity index (χ3n) is 5.96. The SMILES string of the molecule is CC[C@H](C(=O)NC1CCCC1)N(Cc1ccccc1C)C(=O)Cc1ccc(F)cc1. The minimum Gasteiger partial charge on any atom is -0.352 e. The van der Waals surface area contributed by atoms with Crippen molar-refractivity contribution in [3.63, 3.8) is 0 Å². The Bertz CT molecular complexity index is 860. The molecule has 0 spiro atoms. The molecule has 0 saturated heterocycles. The second-order valence-corrected chi connectivity index (χ2v) is 8.17. The van der Waals surface area contributed by atoms with Crippen LogP contribution in [0.4, 0.5) is 4.39 Å². The first kappa shape index (κ1) is 22.0. The van der Waals surface area contributed by atoms with Crippen LogP contribution in [0.3, 0.4) is 0 Å². The van der Waals surface area contributed by atoms with E-state index in [2.05, 4.69) is 5.32 Å². The number of hydrogen-bond acceptors (Lipinski definition) is 2. The van der Waals surface area contributed by atoms with Crippen LogP contribution in [0.25, 0.3) is 0 Å². The van der Waals surface area contributed by atoms with Crippen molar-refractivity contribution in [3.05, 3.63) is 71.0 Å². The maximum absolute atomic E-state index is 13.3. The minimum atomic E-state index is -0.529. The Morgan fingerprint density at radius 3 is 2.40 bits per heavy atom. The number of rotatable bonds is 8. The molecular formula is C25H31FN2O2. The van der Waals surface area contributed by atoms with Gasteiger partial charge in [-0.1, -0.05) is 56.2 Å². The van der Waals surface area contributed by atoms with Crippen LogP contribution >= 0.6 is 0 Å². The van der Waals surface area contributed by atoms with E-state index in [4.69, 9.17) is 0 Å². The zero-order chi connectivity index (χ0) is 21.5. The van der Waals surface area contributed by atoms with Gasteiger partial charge < -0.3 is 10.2 Å². The van der Waals surface area contributed by atoms with Gasteiger partial charge in [-0.05, 0) is 55.0 Å². The maximum Gasteiger partial charge on any atom is 0.243 e. The molecule has 1 aliphatic rings. The van der Waals surface area contributed by atoms with E-state index in [0.717, 1.165) is 42.4 Å². The van der Waals surface area contributed by atoms with Gasteiger partial charge in [-0.2, -0.15) is 0 Å². The van der Waals surface area contributed by atoms with E-state index in [-0.39, 0.29) is 30.1 Å². The molecule has 0 bridgehead atoms. The van der Waals surface area contributed by atoms with Crippen LogP contribution in [0, 0.1) is 12.7 Å². The van der Waals surface area contributed by atoms with E-state index >= 15 is 0 Å². The van der Waals surface area contributed by atoms with Gasteiger partial charge in [-0.3, -0.25) is 9.59 Å². The number of carbonyl (C=O) groups excluding carboxylic acids is 2. The number of aryl methyl sites for hydroxylation is 1. The van der Waals surface area contributed by atoms with E-state index in [1.807, 2.05) is 38.1 Å². The Balaban J connectivity index is 1.82. The molecule has 1 atom stereocenters. The van der Waals surface area contributed by atoms with Gasteiger partial charge in [0.05, 0.1) is 6.42 Å². The normalized spacial score (nSPS) is 15.0. The first-order valence-electron chi connectivity index (χ1n) is 10.9. The summed E-state index contributed by atoms with van der Waals surface area (Å²) in [6.07, 6.45) is 4.96. The third kappa shape index (κ3) is 5.68. The van der Waals surface area contributed by atoms with Crippen LogP contribution < -0.4 is 5.32 Å². The van der Waals surface area contributed by atoms with Gasteiger partial charge in [0, 0.05) is 12.6 Å². The van der Waals surface area contributed by atoms with Crippen LogP contribution in [-0.4, -0.2) is 28.8 Å². The van der Waals surface area contributed by atoms with Crippen molar-refractivity contribution in [2.75, 3.05) is 0 Å². The topological polar surface area (TPSA) is 49.4 Å². The second-order valence-electron chi connectivity index (χ2n) is 8.17. The predicted octanol–water partition coefficient (Wildman–Crippen LogP) is 4.54. The molecule has 0 aromatic heterocycles. The molecule has 2 amide bonds. The van der Waals surface area contributed by atoms with E-state index in [1.165, 1.54) is 12.1 Å². The van der Waals surface area contributed by atoms with Gasteiger partial charge >= 0.3 is 0 Å². The number of halogens is 1. The Hall–Kier alpha value is -2.69. The molecule has 1 saturated carbocycles. The maximum atomic E-state index is 13.3. The molecule has 1 aliphatic carbocycles. The number of hydrogen-bond donors (Lipinski definition) is 1. The highest BCUT2D eigenvalue weighted by molar-refractivity contribution is 5.88. The molecule has 0 heterocycles. The zero-order valence-corrected chi connectivity index (χ0v) is 17.9. The lowest BCUT2D eigenvalue weighted by Crippen LogP contribution is -2.51. The van der Waals surface area contributed by atoms with Crippen molar-refractivity contribution in [2.45, 2.75) is 71.0 Å². The quantitative estimate of drug-likeness (QED) is 0.694. The lowest BCUT2D eigenvalue weighted by Gasteiger charge is -2.32. The Morgan fingerprint density at radius 2 is 1.77 bits per heavy atom. The van der Waals surface area contributed by atoms with Crippen LogP contribution in [0.5, 0.6) is 0 Å². The van der Waals surface area contributed by atoms with Gasteiger partial charge in [0.2, 0.25) is 11.8 Å². The molecule has 0 unspecified atom stereocenters. The molecule has 2 aromatic rings. The summed E-state index contributed by atoms with van der Waals surface area (Å²) >= 11 is 0. The van der Waals surface area contributed by atoms with E-state index < -0.39 is 6.04 Å². The van der Waals surface area contributed by atoms with Crippen molar-refractivity contribution in [3.8, 4) is 0 Å². The summed E-state index contributed by atoms with van der Waals surface area (Å²) in [5.41, 5.74) is 2.85. The van der Waals surface area contributed by atoms with Crippen LogP contribution in [0.1, 0.15) is 55.7 Å². The summed E-state index contributed by atoms with van der Waals surface area (Å²) in [6.45, 7) is 4.33. The molecule has 3 rings (SSSR count). The largest absolute Gasteiger partial charge is 0.352 e. The van der Waals surface area contributed by atoms with E-state index in [1.54, 1.807) is 17.0 Å². The molecule has 0 aliphatic heterocycles. The fourth-order valence-corrected chi connectivity index (χ4v) is 4.14. The molecule has 1 N–H and O–H groups in total. The van der Waals surface area contributed by atoms with Crippen molar-refractivity contribution in [1.29, 1.82) is 0 Å². The van der Waals surface area contributed by atoms with Gasteiger partial charge in [0.15, 0.2) is 0 Å². The minimum absolute atomic E-state index is 0.0783. The highest BCUT2D eigenvalue weighted by atomic mass is 19.1. The number of amides is 2. The molecular weight excluding hydrogens is 379 g/mol. The van der Waals surface area contributed by atoms with Gasteiger partial charge in [-0.15, -0.1) is 0 Å². The molecule has 4 nitrogen and oxygen atoms in total. The second kappa shape index (κ2) is 10.4. The first-order chi connectivity index (χ1) is 14.5. The standard InChI is InChI=1S/C25H31FN2O2/c1-3-23(25(30)27-22-10-6-7-11-22)28(17-20-9-5-4-8-18(20)2)24(29)16-19-12-14-21(26)15-13-19/h4-5,8-9,12-15,22-23H,3,6-7,10-11,16-17H2,1-2H3,(H,27,30)/t23-/m1/s1. The van der Waals surface area contributed by atoms with E-state index in [9.17, 15) is 14.0 Å². The monoisotopic (exact) mass is 410 g/mol. The lowest BCUT2D eigenvalue weighted by molar-refractivity contribution is -0.141. The lowest BCUT2D eigenvalue weighted by atomic mass is 10.0. The average Bonchev–Trinajstić information content (AvgIpc) is 3.24. The fraction of sp³-hybridized carbons (Fsp3) is 0.440.